The van der Waals surface area contributed by atoms with Crippen LogP contribution in [0.3, 0.4) is 0 Å². The van der Waals surface area contributed by atoms with Crippen LogP contribution in [0.5, 0.6) is 0 Å². The van der Waals surface area contributed by atoms with E-state index in [4.69, 9.17) is 0 Å². The van der Waals surface area contributed by atoms with Crippen molar-refractivity contribution in [3.05, 3.63) is 29.3 Å². The van der Waals surface area contributed by atoms with Crippen LogP contribution in [0.15, 0.2) is 18.2 Å². The highest BCUT2D eigenvalue weighted by atomic mass is 16.3. The molecule has 5 heteroatoms. The summed E-state index contributed by atoms with van der Waals surface area (Å²) in [6, 6.07) is 5.65. The van der Waals surface area contributed by atoms with Crippen LogP contribution in [0.25, 0.3) is 0 Å². The highest BCUT2D eigenvalue weighted by molar-refractivity contribution is 6.39. The second-order valence-corrected chi connectivity index (χ2v) is 6.42. The third-order valence-electron chi connectivity index (χ3n) is 4.99. The van der Waals surface area contributed by atoms with Gasteiger partial charge in [0, 0.05) is 17.8 Å². The van der Waals surface area contributed by atoms with E-state index in [2.05, 4.69) is 5.32 Å². The van der Waals surface area contributed by atoms with Gasteiger partial charge in [0.2, 0.25) is 0 Å². The Labute approximate surface area is 130 Å². The number of anilines is 1. The molecule has 1 aromatic rings. The Balaban J connectivity index is 1.73. The lowest BCUT2D eigenvalue weighted by Gasteiger charge is -2.36. The number of aryl methyl sites for hydroxylation is 1. The fourth-order valence-electron chi connectivity index (χ4n) is 3.66. The van der Waals surface area contributed by atoms with Crippen molar-refractivity contribution in [1.29, 1.82) is 0 Å². The Kier molecular flexibility index (Phi) is 3.91. The Bertz CT molecular complexity index is 600. The molecule has 0 aromatic heterocycles. The molecule has 2 heterocycles. The van der Waals surface area contributed by atoms with Gasteiger partial charge in [-0.15, -0.1) is 0 Å². The van der Waals surface area contributed by atoms with Crippen LogP contribution in [0, 0.1) is 13.8 Å². The van der Waals surface area contributed by atoms with E-state index in [1.807, 2.05) is 32.0 Å². The lowest BCUT2D eigenvalue weighted by atomic mass is 10.00. The molecule has 3 rings (SSSR count). The zero-order valence-electron chi connectivity index (χ0n) is 13.0. The summed E-state index contributed by atoms with van der Waals surface area (Å²) in [4.78, 5) is 26.5. The molecular formula is C17H22N2O3. The van der Waals surface area contributed by atoms with E-state index < -0.39 is 11.8 Å². The number of amides is 2. The van der Waals surface area contributed by atoms with Crippen molar-refractivity contribution in [2.45, 2.75) is 57.7 Å². The minimum Gasteiger partial charge on any atom is -0.393 e. The van der Waals surface area contributed by atoms with Gasteiger partial charge in [-0.2, -0.15) is 0 Å². The predicted molar refractivity (Wildman–Crippen MR) is 83.4 cm³/mol. The van der Waals surface area contributed by atoms with Gasteiger partial charge in [-0.3, -0.25) is 9.59 Å². The fraction of sp³-hybridized carbons (Fsp3) is 0.529. The van der Waals surface area contributed by atoms with Crippen molar-refractivity contribution >= 4 is 17.5 Å². The van der Waals surface area contributed by atoms with Crippen molar-refractivity contribution in [3.8, 4) is 0 Å². The van der Waals surface area contributed by atoms with Crippen LogP contribution in [0.2, 0.25) is 0 Å². The van der Waals surface area contributed by atoms with Gasteiger partial charge in [-0.25, -0.2) is 0 Å². The molecule has 0 radical (unpaired) electrons. The average molecular weight is 302 g/mol. The van der Waals surface area contributed by atoms with Crippen molar-refractivity contribution < 1.29 is 14.7 Å². The van der Waals surface area contributed by atoms with E-state index >= 15 is 0 Å². The molecule has 2 aliphatic rings. The Morgan fingerprint density at radius 1 is 1.18 bits per heavy atom. The summed E-state index contributed by atoms with van der Waals surface area (Å²) < 4.78 is 0. The lowest BCUT2D eigenvalue weighted by Crippen LogP contribution is -2.51. The van der Waals surface area contributed by atoms with E-state index in [0.29, 0.717) is 18.5 Å². The maximum atomic E-state index is 12.5. The number of rotatable bonds is 1. The highest BCUT2D eigenvalue weighted by Crippen LogP contribution is 2.35. The summed E-state index contributed by atoms with van der Waals surface area (Å²) in [5.41, 5.74) is 2.73. The number of aliphatic hydroxyl groups is 1. The van der Waals surface area contributed by atoms with Crippen LogP contribution in [0.4, 0.5) is 5.69 Å². The number of aliphatic hydroxyl groups excluding tert-OH is 1. The molecule has 2 atom stereocenters. The topological polar surface area (TPSA) is 69.6 Å². The molecule has 2 saturated heterocycles. The molecule has 2 aliphatic heterocycles. The molecule has 118 valence electrons. The fourth-order valence-corrected chi connectivity index (χ4v) is 3.66. The van der Waals surface area contributed by atoms with Crippen molar-refractivity contribution in [1.82, 2.24) is 4.90 Å². The van der Waals surface area contributed by atoms with Gasteiger partial charge in [0.25, 0.3) is 0 Å². The number of carbonyl (C=O) groups excluding carboxylic acids is 2. The minimum absolute atomic E-state index is 0.00519. The maximum absolute atomic E-state index is 12.5. The molecular weight excluding hydrogens is 280 g/mol. The summed E-state index contributed by atoms with van der Waals surface area (Å²) in [6.07, 6.45) is 2.58. The van der Waals surface area contributed by atoms with E-state index in [0.717, 1.165) is 24.0 Å². The first-order valence-corrected chi connectivity index (χ1v) is 7.85. The molecule has 0 aliphatic carbocycles. The van der Waals surface area contributed by atoms with E-state index in [1.54, 1.807) is 4.90 Å². The molecule has 0 spiro atoms. The zero-order valence-corrected chi connectivity index (χ0v) is 13.0. The summed E-state index contributed by atoms with van der Waals surface area (Å²) in [5, 5.41) is 12.5. The van der Waals surface area contributed by atoms with Gasteiger partial charge >= 0.3 is 11.8 Å². The van der Waals surface area contributed by atoms with Gasteiger partial charge in [0.15, 0.2) is 0 Å². The summed E-state index contributed by atoms with van der Waals surface area (Å²) in [7, 11) is 0. The largest absolute Gasteiger partial charge is 0.393 e. The standard InChI is InChI=1S/C17H22N2O3/c1-10-4-3-5-15(11(10)2)18-16(21)17(22)19-12-6-7-13(19)9-14(20)8-12/h3-5,12-14,20H,6-9H2,1-2H3,(H,18,21). The van der Waals surface area contributed by atoms with E-state index in [9.17, 15) is 14.7 Å². The number of fused-ring (bicyclic) bond motifs is 2. The quantitative estimate of drug-likeness (QED) is 0.777. The number of nitrogens with zero attached hydrogens (tertiary/aromatic N) is 1. The number of nitrogens with one attached hydrogen (secondary N) is 1. The second kappa shape index (κ2) is 5.72. The number of piperidine rings is 1. The third kappa shape index (κ3) is 2.61. The van der Waals surface area contributed by atoms with E-state index in [-0.39, 0.29) is 18.2 Å². The summed E-state index contributed by atoms with van der Waals surface area (Å²) in [6.45, 7) is 3.90. The van der Waals surface area contributed by atoms with Crippen LogP contribution >= 0.6 is 0 Å². The SMILES string of the molecule is Cc1cccc(NC(=O)C(=O)N2C3CCC2CC(O)C3)c1C. The lowest BCUT2D eigenvalue weighted by molar-refractivity contribution is -0.147. The average Bonchev–Trinajstić information content (AvgIpc) is 2.75. The molecule has 2 unspecified atom stereocenters. The first kappa shape index (κ1) is 15.0. The highest BCUT2D eigenvalue weighted by Gasteiger charge is 2.44. The Morgan fingerprint density at radius 3 is 2.45 bits per heavy atom. The molecule has 5 nitrogen and oxygen atoms in total. The van der Waals surface area contributed by atoms with Crippen molar-refractivity contribution in [2.75, 3.05) is 5.32 Å². The van der Waals surface area contributed by atoms with Gasteiger partial charge in [-0.1, -0.05) is 12.1 Å². The van der Waals surface area contributed by atoms with Gasteiger partial charge in [0.1, 0.15) is 0 Å². The third-order valence-corrected chi connectivity index (χ3v) is 4.99. The summed E-state index contributed by atoms with van der Waals surface area (Å²) in [5.74, 6) is -1.05. The first-order chi connectivity index (χ1) is 10.5. The van der Waals surface area contributed by atoms with Gasteiger partial charge in [-0.05, 0) is 56.7 Å². The molecule has 2 fully saturated rings. The number of benzene rings is 1. The van der Waals surface area contributed by atoms with Gasteiger partial charge < -0.3 is 15.3 Å². The normalized spacial score (nSPS) is 26.9. The zero-order chi connectivity index (χ0) is 15.9. The van der Waals surface area contributed by atoms with Crippen LogP contribution in [-0.4, -0.2) is 40.0 Å². The number of hydrogen-bond donors (Lipinski definition) is 2. The molecule has 0 saturated carbocycles. The first-order valence-electron chi connectivity index (χ1n) is 7.85. The van der Waals surface area contributed by atoms with E-state index in [1.165, 1.54) is 0 Å². The monoisotopic (exact) mass is 302 g/mol. The van der Waals surface area contributed by atoms with Crippen LogP contribution < -0.4 is 5.32 Å². The van der Waals surface area contributed by atoms with Gasteiger partial charge in [0.05, 0.1) is 6.10 Å². The predicted octanol–water partition coefficient (Wildman–Crippen LogP) is 1.76. The van der Waals surface area contributed by atoms with Crippen LogP contribution in [-0.2, 0) is 9.59 Å². The smallest absolute Gasteiger partial charge is 0.313 e. The molecule has 2 bridgehead atoms. The van der Waals surface area contributed by atoms with Crippen molar-refractivity contribution in [2.24, 2.45) is 0 Å². The summed E-state index contributed by atoms with van der Waals surface area (Å²) >= 11 is 0. The van der Waals surface area contributed by atoms with Crippen LogP contribution in [0.1, 0.15) is 36.8 Å². The molecule has 22 heavy (non-hydrogen) atoms. The Morgan fingerprint density at radius 2 is 1.82 bits per heavy atom. The second-order valence-electron chi connectivity index (χ2n) is 6.42. The molecule has 1 aromatic carbocycles. The Hall–Kier alpha value is -1.88. The number of hydrogen-bond acceptors (Lipinski definition) is 3. The number of carbonyl (C=O) groups is 2. The molecule has 2 amide bonds. The minimum atomic E-state index is -0.581. The maximum Gasteiger partial charge on any atom is 0.313 e. The molecule has 2 N–H and O–H groups in total. The van der Waals surface area contributed by atoms with Crippen molar-refractivity contribution in [3.63, 3.8) is 0 Å².